The van der Waals surface area contributed by atoms with Crippen molar-refractivity contribution in [3.63, 3.8) is 0 Å². The lowest BCUT2D eigenvalue weighted by Crippen LogP contribution is -2.41. The number of carbonyl (C=O) groups is 2. The molecule has 0 saturated heterocycles. The molecule has 0 N–H and O–H groups in total. The number of ether oxygens (including phenoxy) is 2. The highest BCUT2D eigenvalue weighted by Gasteiger charge is 2.47. The SMILES string of the molecule is CC[Si](C)(C)/C(C)=C/CC(C/C=C(\C)[Si](C)(C)CC)(C(=O)OC)C(=O)OC. The van der Waals surface area contributed by atoms with Gasteiger partial charge in [0.05, 0.1) is 30.4 Å². The van der Waals surface area contributed by atoms with E-state index in [2.05, 4.69) is 66.0 Å². The van der Waals surface area contributed by atoms with Gasteiger partial charge in [0.1, 0.15) is 0 Å². The highest BCUT2D eigenvalue weighted by Crippen LogP contribution is 2.34. The predicted octanol–water partition coefficient (Wildman–Crippen LogP) is 5.53. The molecule has 0 aliphatic heterocycles. The second-order valence-corrected chi connectivity index (χ2v) is 19.2. The van der Waals surface area contributed by atoms with Gasteiger partial charge in [-0.15, -0.1) is 0 Å². The van der Waals surface area contributed by atoms with Gasteiger partial charge in [0.15, 0.2) is 5.41 Å². The van der Waals surface area contributed by atoms with Crippen molar-refractivity contribution in [1.82, 2.24) is 0 Å². The number of allylic oxidation sites excluding steroid dienone is 4. The van der Waals surface area contributed by atoms with Gasteiger partial charge >= 0.3 is 11.9 Å². The standard InChI is InChI=1S/C21H40O4Si2/c1-11-26(7,8)17(3)13-15-21(19(22)24-5,20(23)25-6)16-14-18(4)27(9,10)12-2/h13-14H,11-12,15-16H2,1-10H3/b17-13+,18-14+. The van der Waals surface area contributed by atoms with Crippen LogP contribution in [0.1, 0.15) is 40.5 Å². The van der Waals surface area contributed by atoms with Crippen LogP contribution in [0.4, 0.5) is 0 Å². The van der Waals surface area contributed by atoms with Crippen LogP contribution in [-0.2, 0) is 19.1 Å². The summed E-state index contributed by atoms with van der Waals surface area (Å²) in [4.78, 5) is 25.5. The Morgan fingerprint density at radius 3 is 1.30 bits per heavy atom. The number of hydrogen-bond acceptors (Lipinski definition) is 4. The first-order chi connectivity index (χ1) is 12.3. The Labute approximate surface area is 168 Å². The molecule has 4 nitrogen and oxygen atoms in total. The summed E-state index contributed by atoms with van der Waals surface area (Å²) in [6.07, 6.45) is 4.75. The van der Waals surface area contributed by atoms with Crippen LogP contribution in [-0.4, -0.2) is 42.3 Å². The van der Waals surface area contributed by atoms with E-state index in [1.165, 1.54) is 24.6 Å². The van der Waals surface area contributed by atoms with E-state index in [0.717, 1.165) is 12.1 Å². The second kappa shape index (κ2) is 10.4. The van der Waals surface area contributed by atoms with E-state index in [0.29, 0.717) is 12.8 Å². The first kappa shape index (κ1) is 25.9. The summed E-state index contributed by atoms with van der Waals surface area (Å²) in [6.45, 7) is 17.8. The molecule has 0 unspecified atom stereocenters. The fourth-order valence-electron chi connectivity index (χ4n) is 2.66. The van der Waals surface area contributed by atoms with Gasteiger partial charge in [0, 0.05) is 0 Å². The zero-order valence-corrected chi connectivity index (χ0v) is 21.1. The van der Waals surface area contributed by atoms with Crippen LogP contribution in [0.5, 0.6) is 0 Å². The minimum atomic E-state index is -1.50. The maximum atomic E-state index is 12.7. The normalized spacial score (nSPS) is 14.1. The molecule has 0 radical (unpaired) electrons. The van der Waals surface area contributed by atoms with E-state index in [1.807, 2.05) is 0 Å². The van der Waals surface area contributed by atoms with E-state index in [-0.39, 0.29) is 0 Å². The van der Waals surface area contributed by atoms with E-state index in [4.69, 9.17) is 9.47 Å². The van der Waals surface area contributed by atoms with Gasteiger partial charge in [0.2, 0.25) is 0 Å². The Bertz CT molecular complexity index is 537. The minimum Gasteiger partial charge on any atom is -0.468 e. The van der Waals surface area contributed by atoms with Crippen molar-refractivity contribution in [2.24, 2.45) is 5.41 Å². The smallest absolute Gasteiger partial charge is 0.323 e. The highest BCUT2D eigenvalue weighted by molar-refractivity contribution is 6.84. The molecule has 0 aliphatic carbocycles. The largest absolute Gasteiger partial charge is 0.468 e. The zero-order chi connectivity index (χ0) is 21.5. The fraction of sp³-hybridized carbons (Fsp3) is 0.714. The number of rotatable bonds is 10. The zero-order valence-electron chi connectivity index (χ0n) is 19.1. The van der Waals surface area contributed by atoms with Gasteiger partial charge in [-0.3, -0.25) is 9.59 Å². The van der Waals surface area contributed by atoms with Crippen molar-refractivity contribution < 1.29 is 19.1 Å². The second-order valence-electron chi connectivity index (χ2n) is 8.72. The van der Waals surface area contributed by atoms with Gasteiger partial charge in [0.25, 0.3) is 0 Å². The molecule has 0 heterocycles. The van der Waals surface area contributed by atoms with Crippen molar-refractivity contribution in [3.8, 4) is 0 Å². The van der Waals surface area contributed by atoms with E-state index >= 15 is 0 Å². The average molecular weight is 413 g/mol. The summed E-state index contributed by atoms with van der Waals surface area (Å²) in [5, 5.41) is 2.59. The van der Waals surface area contributed by atoms with Crippen molar-refractivity contribution in [1.29, 1.82) is 0 Å². The van der Waals surface area contributed by atoms with Crippen LogP contribution in [0.3, 0.4) is 0 Å². The number of esters is 2. The fourth-order valence-corrected chi connectivity index (χ4v) is 5.08. The molecule has 156 valence electrons. The van der Waals surface area contributed by atoms with Gasteiger partial charge in [-0.05, 0) is 26.7 Å². The molecule has 0 aromatic rings. The third-order valence-electron chi connectivity index (χ3n) is 6.57. The summed E-state index contributed by atoms with van der Waals surface area (Å²) in [7, 11) is -0.333. The number of hydrogen-bond donors (Lipinski definition) is 0. The minimum absolute atomic E-state index is 0.312. The first-order valence-electron chi connectivity index (χ1n) is 9.86. The molecule has 0 atom stereocenters. The van der Waals surface area contributed by atoms with Crippen molar-refractivity contribution in [2.45, 2.75) is 78.8 Å². The Hall–Kier alpha value is -1.15. The highest BCUT2D eigenvalue weighted by atomic mass is 28.3. The molecule has 0 aromatic carbocycles. The molecular weight excluding hydrogens is 372 g/mol. The third kappa shape index (κ3) is 6.45. The van der Waals surface area contributed by atoms with Crippen LogP contribution < -0.4 is 0 Å². The molecule has 0 aliphatic rings. The molecule has 0 saturated carbocycles. The lowest BCUT2D eigenvalue weighted by atomic mass is 9.80. The Morgan fingerprint density at radius 1 is 0.778 bits per heavy atom. The molecule has 0 aromatic heterocycles. The number of carbonyl (C=O) groups excluding carboxylic acids is 2. The van der Waals surface area contributed by atoms with Crippen LogP contribution in [0.25, 0.3) is 0 Å². The Morgan fingerprint density at radius 2 is 1.07 bits per heavy atom. The summed E-state index contributed by atoms with van der Waals surface area (Å²) in [6, 6.07) is 2.24. The van der Waals surface area contributed by atoms with E-state index < -0.39 is 33.5 Å². The monoisotopic (exact) mass is 412 g/mol. The molecule has 0 fully saturated rings. The summed E-state index contributed by atoms with van der Waals surface area (Å²) in [5.74, 6) is -1.04. The number of methoxy groups -OCH3 is 2. The maximum Gasteiger partial charge on any atom is 0.323 e. The van der Waals surface area contributed by atoms with Gasteiger partial charge in [-0.1, -0.05) is 74.7 Å². The summed E-state index contributed by atoms with van der Waals surface area (Å²) in [5.41, 5.74) is -1.32. The van der Waals surface area contributed by atoms with E-state index in [9.17, 15) is 9.59 Å². The third-order valence-corrected chi connectivity index (χ3v) is 14.8. The van der Waals surface area contributed by atoms with Crippen LogP contribution in [0, 0.1) is 5.41 Å². The predicted molar refractivity (Wildman–Crippen MR) is 119 cm³/mol. The topological polar surface area (TPSA) is 52.6 Å². The average Bonchev–Trinajstić information content (AvgIpc) is 2.66. The van der Waals surface area contributed by atoms with Gasteiger partial charge in [-0.25, -0.2) is 0 Å². The van der Waals surface area contributed by atoms with Crippen molar-refractivity contribution in [3.05, 3.63) is 22.5 Å². The van der Waals surface area contributed by atoms with Crippen LogP contribution in [0.2, 0.25) is 38.3 Å². The summed E-state index contributed by atoms with van der Waals surface area (Å²) >= 11 is 0. The van der Waals surface area contributed by atoms with Gasteiger partial charge < -0.3 is 9.47 Å². The quantitative estimate of drug-likeness (QED) is 0.269. The van der Waals surface area contributed by atoms with E-state index in [1.54, 1.807) is 0 Å². The van der Waals surface area contributed by atoms with Crippen LogP contribution in [0.15, 0.2) is 22.5 Å². The Balaban J connectivity index is 6.10. The molecule has 0 amide bonds. The summed E-state index contributed by atoms with van der Waals surface area (Å²) < 4.78 is 10.1. The van der Waals surface area contributed by atoms with Crippen LogP contribution >= 0.6 is 0 Å². The molecule has 0 spiro atoms. The molecule has 6 heteroatoms. The molecule has 27 heavy (non-hydrogen) atoms. The lowest BCUT2D eigenvalue weighted by molar-refractivity contribution is -0.168. The van der Waals surface area contributed by atoms with Crippen molar-refractivity contribution in [2.75, 3.05) is 14.2 Å². The van der Waals surface area contributed by atoms with Gasteiger partial charge in [-0.2, -0.15) is 0 Å². The molecule has 0 rings (SSSR count). The Kier molecular flexibility index (Phi) is 9.97. The van der Waals surface area contributed by atoms with Crippen molar-refractivity contribution >= 4 is 28.1 Å². The molecule has 0 bridgehead atoms. The lowest BCUT2D eigenvalue weighted by Gasteiger charge is -2.29. The maximum absolute atomic E-state index is 12.7. The molecular formula is C21H40O4Si2. The first-order valence-corrected chi connectivity index (χ1v) is 16.3.